The van der Waals surface area contributed by atoms with Crippen molar-refractivity contribution >= 4 is 5.91 Å². The van der Waals surface area contributed by atoms with Crippen LogP contribution >= 0.6 is 0 Å². The van der Waals surface area contributed by atoms with Crippen LogP contribution in [0, 0.1) is 12.7 Å². The van der Waals surface area contributed by atoms with Crippen LogP contribution in [0.2, 0.25) is 0 Å². The maximum atomic E-state index is 13.1. The summed E-state index contributed by atoms with van der Waals surface area (Å²) in [5, 5.41) is 17.3. The topological polar surface area (TPSA) is 78.8 Å². The molecular weight excluding hydrogens is 253 g/mol. The predicted molar refractivity (Wildman–Crippen MR) is 66.4 cm³/mol. The smallest absolute Gasteiger partial charge is 0.284 e. The molecule has 3 N–H and O–H groups in total. The predicted octanol–water partition coefficient (Wildman–Crippen LogP) is 1.55. The third-order valence-electron chi connectivity index (χ3n) is 2.68. The second-order valence-electron chi connectivity index (χ2n) is 4.21. The monoisotopic (exact) mass is 271 g/mol. The number of hydrogen-bond acceptors (Lipinski definition) is 4. The normalized spacial score (nSPS) is 12.0. The van der Waals surface area contributed by atoms with Crippen molar-refractivity contribution in [3.8, 4) is 5.75 Å². The first kappa shape index (κ1) is 15.4. The number of aliphatic hydroxyl groups excluding tert-OH is 1. The Morgan fingerprint density at radius 1 is 1.47 bits per heavy atom. The third-order valence-corrected chi connectivity index (χ3v) is 2.68. The molecule has 0 fully saturated rings. The second-order valence-corrected chi connectivity index (χ2v) is 4.21. The fraction of sp³-hybridized carbons (Fsp3) is 0.462. The van der Waals surface area contributed by atoms with Gasteiger partial charge in [0.05, 0.1) is 0 Å². The average Bonchev–Trinajstić information content (AvgIpc) is 2.41. The van der Waals surface area contributed by atoms with Gasteiger partial charge in [0, 0.05) is 6.61 Å². The first-order valence-corrected chi connectivity index (χ1v) is 6.06. The molecule has 0 aliphatic heterocycles. The Hall–Kier alpha value is -1.66. The lowest BCUT2D eigenvalue weighted by molar-refractivity contribution is -0.136. The van der Waals surface area contributed by atoms with Crippen molar-refractivity contribution < 1.29 is 24.2 Å². The van der Waals surface area contributed by atoms with Gasteiger partial charge in [-0.15, -0.1) is 0 Å². The summed E-state index contributed by atoms with van der Waals surface area (Å²) >= 11 is 0. The van der Waals surface area contributed by atoms with Gasteiger partial charge in [0.1, 0.15) is 11.6 Å². The third kappa shape index (κ3) is 4.84. The number of carbonyl (C=O) groups is 1. The highest BCUT2D eigenvalue weighted by molar-refractivity contribution is 5.79. The lowest BCUT2D eigenvalue weighted by Gasteiger charge is -2.17. The molecule has 0 saturated carbocycles. The van der Waals surface area contributed by atoms with Crippen molar-refractivity contribution in [3.05, 3.63) is 29.6 Å². The van der Waals surface area contributed by atoms with Gasteiger partial charge in [0.2, 0.25) is 0 Å². The summed E-state index contributed by atoms with van der Waals surface area (Å²) in [6, 6.07) is 4.16. The molecule has 1 aromatic carbocycles. The van der Waals surface area contributed by atoms with Gasteiger partial charge in [-0.3, -0.25) is 10.0 Å². The number of unbranched alkanes of at least 4 members (excludes halogenated alkanes) is 1. The minimum atomic E-state index is -0.874. The number of carbonyl (C=O) groups excluding carboxylic acids is 1. The summed E-state index contributed by atoms with van der Waals surface area (Å²) < 4.78 is 18.5. The van der Waals surface area contributed by atoms with Gasteiger partial charge in [0.15, 0.2) is 6.10 Å². The second kappa shape index (κ2) is 7.70. The number of nitrogens with one attached hydrogen (secondary N) is 1. The Labute approximate surface area is 111 Å². The van der Waals surface area contributed by atoms with Crippen molar-refractivity contribution in [2.75, 3.05) is 6.61 Å². The highest BCUT2D eigenvalue weighted by Gasteiger charge is 2.19. The summed E-state index contributed by atoms with van der Waals surface area (Å²) in [6.07, 6.45) is 0.598. The lowest BCUT2D eigenvalue weighted by Crippen LogP contribution is -2.36. The Kier molecular flexibility index (Phi) is 6.24. The number of benzene rings is 1. The van der Waals surface area contributed by atoms with E-state index in [1.54, 1.807) is 6.92 Å². The fourth-order valence-electron chi connectivity index (χ4n) is 1.61. The van der Waals surface area contributed by atoms with E-state index in [-0.39, 0.29) is 12.4 Å². The molecule has 6 heteroatoms. The van der Waals surface area contributed by atoms with E-state index in [1.165, 1.54) is 23.7 Å². The van der Waals surface area contributed by atoms with Crippen LogP contribution in [0.25, 0.3) is 0 Å². The molecule has 19 heavy (non-hydrogen) atoms. The van der Waals surface area contributed by atoms with Gasteiger partial charge < -0.3 is 9.84 Å². The van der Waals surface area contributed by atoms with Crippen molar-refractivity contribution in [2.24, 2.45) is 0 Å². The molecule has 0 unspecified atom stereocenters. The van der Waals surface area contributed by atoms with E-state index in [4.69, 9.17) is 15.1 Å². The standard InChI is InChI=1S/C13H18FNO4/c1-9-8-10(5-6-11(9)14)19-12(13(17)15-18)4-2-3-7-16/h5-6,8,12,16,18H,2-4,7H2,1H3,(H,15,17)/t12-/m1/s1. The van der Waals surface area contributed by atoms with Gasteiger partial charge in [-0.25, -0.2) is 9.87 Å². The van der Waals surface area contributed by atoms with Crippen LogP contribution in [0.15, 0.2) is 18.2 Å². The minimum Gasteiger partial charge on any atom is -0.481 e. The zero-order valence-electron chi connectivity index (χ0n) is 10.7. The molecule has 0 spiro atoms. The first-order valence-electron chi connectivity index (χ1n) is 6.06. The van der Waals surface area contributed by atoms with Gasteiger partial charge in [-0.1, -0.05) is 0 Å². The van der Waals surface area contributed by atoms with Crippen LogP contribution in [-0.4, -0.2) is 28.9 Å². The van der Waals surface area contributed by atoms with Gasteiger partial charge in [-0.05, 0) is 49.9 Å². The molecule has 1 aromatic rings. The molecule has 0 aliphatic carbocycles. The van der Waals surface area contributed by atoms with E-state index in [1.807, 2.05) is 0 Å². The first-order chi connectivity index (χ1) is 9.08. The van der Waals surface area contributed by atoms with Crippen molar-refractivity contribution in [2.45, 2.75) is 32.3 Å². The van der Waals surface area contributed by atoms with Crippen LogP contribution < -0.4 is 10.2 Å². The van der Waals surface area contributed by atoms with E-state index in [0.29, 0.717) is 30.6 Å². The van der Waals surface area contributed by atoms with E-state index < -0.39 is 12.0 Å². The van der Waals surface area contributed by atoms with E-state index in [2.05, 4.69) is 0 Å². The van der Waals surface area contributed by atoms with Crippen molar-refractivity contribution in [1.82, 2.24) is 5.48 Å². The van der Waals surface area contributed by atoms with Gasteiger partial charge >= 0.3 is 0 Å². The number of ether oxygens (including phenoxy) is 1. The summed E-state index contributed by atoms with van der Waals surface area (Å²) in [6.45, 7) is 1.62. The van der Waals surface area contributed by atoms with Crippen LogP contribution in [0.5, 0.6) is 5.75 Å². The summed E-state index contributed by atoms with van der Waals surface area (Å²) in [5.74, 6) is -0.660. The molecule has 0 radical (unpaired) electrons. The van der Waals surface area contributed by atoms with E-state index in [9.17, 15) is 9.18 Å². The number of aliphatic hydroxyl groups is 1. The number of amides is 1. The van der Waals surface area contributed by atoms with Crippen molar-refractivity contribution in [1.29, 1.82) is 0 Å². The highest BCUT2D eigenvalue weighted by atomic mass is 19.1. The number of hydrogen-bond donors (Lipinski definition) is 3. The van der Waals surface area contributed by atoms with Gasteiger partial charge in [0.25, 0.3) is 5.91 Å². The molecule has 5 nitrogen and oxygen atoms in total. The van der Waals surface area contributed by atoms with Crippen molar-refractivity contribution in [3.63, 3.8) is 0 Å². The Morgan fingerprint density at radius 3 is 2.79 bits per heavy atom. The molecule has 0 aliphatic rings. The molecule has 0 heterocycles. The molecule has 1 rings (SSSR count). The Balaban J connectivity index is 2.69. The number of aryl methyl sites for hydroxylation is 1. The minimum absolute atomic E-state index is 0.0309. The van der Waals surface area contributed by atoms with E-state index >= 15 is 0 Å². The molecule has 0 saturated heterocycles. The zero-order chi connectivity index (χ0) is 14.3. The maximum absolute atomic E-state index is 13.1. The van der Waals surface area contributed by atoms with Crippen LogP contribution in [-0.2, 0) is 4.79 Å². The van der Waals surface area contributed by atoms with Gasteiger partial charge in [-0.2, -0.15) is 0 Å². The summed E-state index contributed by atoms with van der Waals surface area (Å²) in [7, 11) is 0. The van der Waals surface area contributed by atoms with Crippen LogP contribution in [0.1, 0.15) is 24.8 Å². The molecule has 1 atom stereocenters. The highest BCUT2D eigenvalue weighted by Crippen LogP contribution is 2.19. The van der Waals surface area contributed by atoms with Crippen LogP contribution in [0.3, 0.4) is 0 Å². The quantitative estimate of drug-likeness (QED) is 0.399. The molecule has 106 valence electrons. The van der Waals surface area contributed by atoms with E-state index in [0.717, 1.165) is 0 Å². The summed E-state index contributed by atoms with van der Waals surface area (Å²) in [5.41, 5.74) is 1.95. The largest absolute Gasteiger partial charge is 0.481 e. The lowest BCUT2D eigenvalue weighted by atomic mass is 10.1. The molecule has 0 aromatic heterocycles. The molecular formula is C13H18FNO4. The average molecular weight is 271 g/mol. The molecule has 1 amide bonds. The van der Waals surface area contributed by atoms with Crippen LogP contribution in [0.4, 0.5) is 4.39 Å². The number of halogens is 1. The zero-order valence-corrected chi connectivity index (χ0v) is 10.7. The molecule has 0 bridgehead atoms. The summed E-state index contributed by atoms with van der Waals surface area (Å²) in [4.78, 5) is 11.4. The Morgan fingerprint density at radius 2 is 2.21 bits per heavy atom. The number of hydroxylamine groups is 1. The SMILES string of the molecule is Cc1cc(O[C@H](CCCCO)C(=O)NO)ccc1F. The maximum Gasteiger partial charge on any atom is 0.284 e. The Bertz CT molecular complexity index is 425. The number of rotatable bonds is 7. The fourth-order valence-corrected chi connectivity index (χ4v) is 1.61.